The summed E-state index contributed by atoms with van der Waals surface area (Å²) < 4.78 is 5.14. The van der Waals surface area contributed by atoms with Crippen molar-refractivity contribution in [2.24, 2.45) is 0 Å². The van der Waals surface area contributed by atoms with Crippen LogP contribution in [0.3, 0.4) is 0 Å². The van der Waals surface area contributed by atoms with Gasteiger partial charge in [-0.15, -0.1) is 0 Å². The van der Waals surface area contributed by atoms with Gasteiger partial charge in [0.15, 0.2) is 0 Å². The molecule has 0 amide bonds. The molecule has 29 heavy (non-hydrogen) atoms. The zero-order valence-electron chi connectivity index (χ0n) is 16.1. The van der Waals surface area contributed by atoms with Gasteiger partial charge < -0.3 is 14.9 Å². The van der Waals surface area contributed by atoms with Crippen LogP contribution < -0.4 is 4.74 Å². The molecule has 2 aromatic carbocycles. The van der Waals surface area contributed by atoms with E-state index >= 15 is 0 Å². The van der Waals surface area contributed by atoms with E-state index in [0.717, 1.165) is 5.56 Å². The summed E-state index contributed by atoms with van der Waals surface area (Å²) in [6.45, 7) is 1.93. The molecule has 0 fully saturated rings. The number of pyridine rings is 2. The number of rotatable bonds is 4. The number of aryl methyl sites for hydroxylation is 1. The summed E-state index contributed by atoms with van der Waals surface area (Å²) in [7, 11) is 1.55. The van der Waals surface area contributed by atoms with Crippen molar-refractivity contribution in [2.45, 2.75) is 6.92 Å². The number of aromatic hydroxyl groups is 2. The minimum absolute atomic E-state index is 0.0975. The summed E-state index contributed by atoms with van der Waals surface area (Å²) in [4.78, 5) is 9.36. The van der Waals surface area contributed by atoms with Crippen molar-refractivity contribution in [3.63, 3.8) is 0 Å². The van der Waals surface area contributed by atoms with Crippen molar-refractivity contribution in [3.05, 3.63) is 78.4 Å². The average Bonchev–Trinajstić information content (AvgIpc) is 2.74. The predicted molar refractivity (Wildman–Crippen MR) is 113 cm³/mol. The minimum Gasteiger partial charge on any atom is -0.507 e. The highest BCUT2D eigenvalue weighted by molar-refractivity contribution is 5.72. The van der Waals surface area contributed by atoms with Gasteiger partial charge in [0, 0.05) is 17.2 Å². The Bertz CT molecular complexity index is 1190. The monoisotopic (exact) mass is 384 g/mol. The maximum atomic E-state index is 10.3. The van der Waals surface area contributed by atoms with Crippen LogP contribution in [-0.2, 0) is 0 Å². The molecule has 2 N–H and O–H groups in total. The lowest BCUT2D eigenvalue weighted by molar-refractivity contribution is 0.408. The maximum Gasteiger partial charge on any atom is 0.128 e. The molecule has 0 atom stereocenters. The number of ether oxygens (including phenoxy) is 1. The topological polar surface area (TPSA) is 75.5 Å². The molecule has 0 unspecified atom stereocenters. The summed E-state index contributed by atoms with van der Waals surface area (Å²) >= 11 is 0. The number of phenols is 2. The number of phenolic OH excluding ortho intramolecular Hbond substituents is 2. The summed E-state index contributed by atoms with van der Waals surface area (Å²) in [5.74, 6) is 0.870. The molecular weight excluding hydrogens is 364 g/mol. The molecule has 144 valence electrons. The maximum absolute atomic E-state index is 10.3. The van der Waals surface area contributed by atoms with Crippen LogP contribution in [-0.4, -0.2) is 27.3 Å². The van der Waals surface area contributed by atoms with E-state index in [0.29, 0.717) is 39.7 Å². The SMILES string of the molecule is COc1ccc(-c2cccc(-c3cccc(-c4ccc(C)cc4O)n3)n2)c(O)c1. The van der Waals surface area contributed by atoms with Crippen LogP contribution in [0.5, 0.6) is 17.2 Å². The Kier molecular flexibility index (Phi) is 4.87. The summed E-state index contributed by atoms with van der Waals surface area (Å²) in [5.41, 5.74) is 4.91. The van der Waals surface area contributed by atoms with E-state index in [2.05, 4.69) is 9.97 Å². The number of nitrogens with zero attached hydrogens (tertiary/aromatic N) is 2. The summed E-state index contributed by atoms with van der Waals surface area (Å²) in [5, 5.41) is 20.6. The second-order valence-corrected chi connectivity index (χ2v) is 6.72. The zero-order valence-corrected chi connectivity index (χ0v) is 16.1. The number of methoxy groups -OCH3 is 1. The van der Waals surface area contributed by atoms with Crippen molar-refractivity contribution in [2.75, 3.05) is 7.11 Å². The zero-order chi connectivity index (χ0) is 20.4. The fourth-order valence-corrected chi connectivity index (χ4v) is 3.17. The van der Waals surface area contributed by atoms with Crippen molar-refractivity contribution >= 4 is 0 Å². The number of hydrogen-bond acceptors (Lipinski definition) is 5. The molecule has 0 aliphatic carbocycles. The van der Waals surface area contributed by atoms with Crippen LogP contribution in [0.25, 0.3) is 33.9 Å². The van der Waals surface area contributed by atoms with Crippen LogP contribution in [0.15, 0.2) is 72.8 Å². The standard InChI is InChI=1S/C24H20N2O3/c1-15-9-11-17(23(27)13-15)19-5-3-7-21(25-19)22-8-4-6-20(26-22)18-12-10-16(29-2)14-24(18)28/h3-14,27-28H,1-2H3. The minimum atomic E-state index is 0.0975. The van der Waals surface area contributed by atoms with E-state index in [1.54, 1.807) is 31.4 Å². The molecule has 4 rings (SSSR count). The Morgan fingerprint density at radius 1 is 0.655 bits per heavy atom. The molecule has 2 heterocycles. The first-order valence-corrected chi connectivity index (χ1v) is 9.17. The molecule has 0 radical (unpaired) electrons. The van der Waals surface area contributed by atoms with Crippen LogP contribution >= 0.6 is 0 Å². The van der Waals surface area contributed by atoms with Gasteiger partial charge in [0.2, 0.25) is 0 Å². The van der Waals surface area contributed by atoms with Crippen LogP contribution in [0.1, 0.15) is 5.56 Å². The largest absolute Gasteiger partial charge is 0.507 e. The van der Waals surface area contributed by atoms with Gasteiger partial charge in [0.1, 0.15) is 17.2 Å². The molecule has 5 heteroatoms. The smallest absolute Gasteiger partial charge is 0.128 e. The van der Waals surface area contributed by atoms with E-state index in [1.807, 2.05) is 55.5 Å². The number of aromatic nitrogens is 2. The second-order valence-electron chi connectivity index (χ2n) is 6.72. The third kappa shape index (κ3) is 3.75. The third-order valence-electron chi connectivity index (χ3n) is 4.67. The molecule has 0 bridgehead atoms. The Morgan fingerprint density at radius 3 is 1.69 bits per heavy atom. The molecule has 4 aromatic rings. The number of benzene rings is 2. The van der Waals surface area contributed by atoms with Crippen molar-refractivity contribution in [1.82, 2.24) is 9.97 Å². The van der Waals surface area contributed by atoms with Gasteiger partial charge in [0.05, 0.1) is 29.9 Å². The molecule has 0 aliphatic heterocycles. The van der Waals surface area contributed by atoms with Crippen molar-refractivity contribution < 1.29 is 14.9 Å². The first-order valence-electron chi connectivity index (χ1n) is 9.17. The highest BCUT2D eigenvalue weighted by atomic mass is 16.5. The molecule has 2 aromatic heterocycles. The van der Waals surface area contributed by atoms with Gasteiger partial charge in [-0.1, -0.05) is 18.2 Å². The molecule has 0 saturated carbocycles. The van der Waals surface area contributed by atoms with E-state index in [4.69, 9.17) is 4.74 Å². The summed E-state index contributed by atoms with van der Waals surface area (Å²) in [6, 6.07) is 21.8. The highest BCUT2D eigenvalue weighted by Crippen LogP contribution is 2.33. The van der Waals surface area contributed by atoms with Crippen molar-refractivity contribution in [1.29, 1.82) is 0 Å². The van der Waals surface area contributed by atoms with Crippen LogP contribution in [0, 0.1) is 6.92 Å². The number of hydrogen-bond donors (Lipinski definition) is 2. The normalized spacial score (nSPS) is 10.7. The third-order valence-corrected chi connectivity index (χ3v) is 4.67. The van der Waals surface area contributed by atoms with E-state index in [-0.39, 0.29) is 11.5 Å². The van der Waals surface area contributed by atoms with Crippen LogP contribution in [0.2, 0.25) is 0 Å². The van der Waals surface area contributed by atoms with E-state index in [1.165, 1.54) is 0 Å². The Hall–Kier alpha value is -3.86. The average molecular weight is 384 g/mol. The molecule has 5 nitrogen and oxygen atoms in total. The van der Waals surface area contributed by atoms with E-state index in [9.17, 15) is 10.2 Å². The fraction of sp³-hybridized carbons (Fsp3) is 0.0833. The first-order chi connectivity index (χ1) is 14.0. The molecular formula is C24H20N2O3. The lowest BCUT2D eigenvalue weighted by Gasteiger charge is -2.09. The van der Waals surface area contributed by atoms with E-state index < -0.39 is 0 Å². The lowest BCUT2D eigenvalue weighted by Crippen LogP contribution is -1.93. The quantitative estimate of drug-likeness (QED) is 0.505. The fourth-order valence-electron chi connectivity index (χ4n) is 3.17. The lowest BCUT2D eigenvalue weighted by atomic mass is 10.1. The van der Waals surface area contributed by atoms with Crippen molar-refractivity contribution in [3.8, 4) is 51.2 Å². The highest BCUT2D eigenvalue weighted by Gasteiger charge is 2.11. The van der Waals surface area contributed by atoms with Gasteiger partial charge in [-0.2, -0.15) is 0 Å². The Labute approximate surface area is 168 Å². The Balaban J connectivity index is 1.74. The Morgan fingerprint density at radius 2 is 1.17 bits per heavy atom. The van der Waals surface area contributed by atoms with Crippen LogP contribution in [0.4, 0.5) is 0 Å². The van der Waals surface area contributed by atoms with Gasteiger partial charge in [-0.3, -0.25) is 0 Å². The molecule has 0 spiro atoms. The first kappa shape index (κ1) is 18.5. The van der Waals surface area contributed by atoms with Gasteiger partial charge in [-0.25, -0.2) is 9.97 Å². The van der Waals surface area contributed by atoms with Gasteiger partial charge in [0.25, 0.3) is 0 Å². The predicted octanol–water partition coefficient (Wildman–Crippen LogP) is 5.21. The summed E-state index contributed by atoms with van der Waals surface area (Å²) in [6.07, 6.45) is 0. The second kappa shape index (κ2) is 7.64. The molecule has 0 aliphatic rings. The molecule has 0 saturated heterocycles. The van der Waals surface area contributed by atoms with Gasteiger partial charge in [-0.05, 0) is 61.0 Å². The van der Waals surface area contributed by atoms with Gasteiger partial charge >= 0.3 is 0 Å².